The first kappa shape index (κ1) is 21.9. The summed E-state index contributed by atoms with van der Waals surface area (Å²) < 4.78 is 0. The largest absolute Gasteiger partial charge is 0.323 e. The van der Waals surface area contributed by atoms with Crippen LogP contribution in [-0.4, -0.2) is 27.8 Å². The van der Waals surface area contributed by atoms with Crippen molar-refractivity contribution in [3.63, 3.8) is 0 Å². The molecule has 2 aromatic carbocycles. The van der Waals surface area contributed by atoms with E-state index in [9.17, 15) is 9.59 Å². The monoisotopic (exact) mass is 437 g/mol. The molecular weight excluding hydrogens is 414 g/mol. The Labute approximate surface area is 191 Å². The highest BCUT2D eigenvalue weighted by atomic mass is 16.2. The third-order valence-electron chi connectivity index (χ3n) is 4.97. The van der Waals surface area contributed by atoms with Gasteiger partial charge in [-0.2, -0.15) is 0 Å². The summed E-state index contributed by atoms with van der Waals surface area (Å²) in [6.07, 6.45) is 2.04. The van der Waals surface area contributed by atoms with Gasteiger partial charge in [0.1, 0.15) is 11.5 Å². The summed E-state index contributed by atoms with van der Waals surface area (Å²) in [6, 6.07) is 26.5. The zero-order valence-corrected chi connectivity index (χ0v) is 17.8. The van der Waals surface area contributed by atoms with Gasteiger partial charge in [-0.05, 0) is 48.4 Å². The topological polar surface area (TPSA) is 110 Å². The molecule has 0 bridgehead atoms. The summed E-state index contributed by atoms with van der Waals surface area (Å²) in [7, 11) is 0. The average molecular weight is 438 g/mol. The summed E-state index contributed by atoms with van der Waals surface area (Å²) in [4.78, 5) is 34.1. The van der Waals surface area contributed by atoms with E-state index in [-0.39, 0.29) is 11.8 Å². The Bertz CT molecular complexity index is 1250. The van der Waals surface area contributed by atoms with Crippen molar-refractivity contribution in [3.8, 4) is 11.4 Å². The van der Waals surface area contributed by atoms with Gasteiger partial charge in [0, 0.05) is 11.8 Å². The molecule has 4 N–H and O–H groups in total. The summed E-state index contributed by atoms with van der Waals surface area (Å²) >= 11 is 0. The fourth-order valence-corrected chi connectivity index (χ4v) is 3.31. The van der Waals surface area contributed by atoms with Gasteiger partial charge in [-0.1, -0.05) is 54.6 Å². The number of nitrogens with zero attached hydrogens (tertiary/aromatic N) is 2. The van der Waals surface area contributed by atoms with E-state index in [1.54, 1.807) is 60.8 Å². The number of amides is 2. The number of nitrogens with two attached hydrogens (primary N) is 1. The second-order valence-electron chi connectivity index (χ2n) is 7.41. The molecule has 0 spiro atoms. The zero-order chi connectivity index (χ0) is 23.0. The Morgan fingerprint density at radius 3 is 2.30 bits per heavy atom. The lowest BCUT2D eigenvalue weighted by Gasteiger charge is -2.15. The molecule has 2 heterocycles. The molecule has 0 saturated carbocycles. The van der Waals surface area contributed by atoms with Crippen LogP contribution in [0.5, 0.6) is 0 Å². The van der Waals surface area contributed by atoms with Crippen molar-refractivity contribution in [2.24, 2.45) is 5.73 Å². The smallest absolute Gasteiger partial charge is 0.256 e. The van der Waals surface area contributed by atoms with Crippen LogP contribution < -0.4 is 16.4 Å². The Balaban J connectivity index is 1.50. The quantitative estimate of drug-likeness (QED) is 0.406. The maximum absolute atomic E-state index is 12.7. The molecule has 0 aliphatic carbocycles. The van der Waals surface area contributed by atoms with E-state index < -0.39 is 6.04 Å². The number of pyridine rings is 2. The van der Waals surface area contributed by atoms with Gasteiger partial charge >= 0.3 is 0 Å². The van der Waals surface area contributed by atoms with E-state index in [2.05, 4.69) is 20.6 Å². The molecule has 0 fully saturated rings. The average Bonchev–Trinajstić information content (AvgIpc) is 2.85. The first-order valence-corrected chi connectivity index (χ1v) is 10.5. The lowest BCUT2D eigenvalue weighted by Crippen LogP contribution is -2.37. The third kappa shape index (κ3) is 5.66. The number of nitrogens with one attached hydrogen (secondary N) is 2. The van der Waals surface area contributed by atoms with Crippen molar-refractivity contribution in [2.75, 3.05) is 10.6 Å². The first-order chi connectivity index (χ1) is 16.1. The molecule has 0 radical (unpaired) electrons. The zero-order valence-electron chi connectivity index (χ0n) is 17.8. The molecule has 0 aliphatic heterocycles. The molecule has 1 atom stereocenters. The third-order valence-corrected chi connectivity index (χ3v) is 4.97. The molecule has 33 heavy (non-hydrogen) atoms. The number of anilines is 2. The highest BCUT2D eigenvalue weighted by Crippen LogP contribution is 2.25. The van der Waals surface area contributed by atoms with E-state index >= 15 is 0 Å². The Hall–Kier alpha value is -4.36. The lowest BCUT2D eigenvalue weighted by molar-refractivity contribution is -0.117. The van der Waals surface area contributed by atoms with Crippen molar-refractivity contribution < 1.29 is 9.59 Å². The van der Waals surface area contributed by atoms with Crippen LogP contribution >= 0.6 is 0 Å². The standard InChI is InChI=1S/C26H23N5O2/c27-20(17-18-9-3-1-4-10-18)26(33)30-22-14-8-16-28-24(22)21-13-7-15-23(29-21)31-25(32)19-11-5-2-6-12-19/h1-16,20H,17,27H2,(H,30,33)(H,29,31,32)/t20-/m0/s1. The first-order valence-electron chi connectivity index (χ1n) is 10.5. The summed E-state index contributed by atoms with van der Waals surface area (Å²) in [5, 5.41) is 5.65. The molecule has 164 valence electrons. The SMILES string of the molecule is N[C@@H](Cc1ccccc1)C(=O)Nc1cccnc1-c1cccc(NC(=O)c2ccccc2)n1. The number of benzene rings is 2. The van der Waals surface area contributed by atoms with Gasteiger partial charge in [0.2, 0.25) is 5.91 Å². The minimum absolute atomic E-state index is 0.262. The fourth-order valence-electron chi connectivity index (χ4n) is 3.31. The van der Waals surface area contributed by atoms with Crippen molar-refractivity contribution in [1.29, 1.82) is 0 Å². The van der Waals surface area contributed by atoms with Crippen LogP contribution in [-0.2, 0) is 11.2 Å². The molecular formula is C26H23N5O2. The summed E-state index contributed by atoms with van der Waals surface area (Å²) in [5.74, 6) is -0.201. The number of hydrogen-bond acceptors (Lipinski definition) is 5. The van der Waals surface area contributed by atoms with Crippen LogP contribution in [0.4, 0.5) is 11.5 Å². The Morgan fingerprint density at radius 1 is 0.818 bits per heavy atom. The number of aromatic nitrogens is 2. The van der Waals surface area contributed by atoms with Crippen molar-refractivity contribution >= 4 is 23.3 Å². The van der Waals surface area contributed by atoms with Crippen LogP contribution in [0.2, 0.25) is 0 Å². The number of hydrogen-bond donors (Lipinski definition) is 3. The summed E-state index contributed by atoms with van der Waals surface area (Å²) in [5.41, 5.74) is 9.12. The second kappa shape index (κ2) is 10.3. The van der Waals surface area contributed by atoms with Gasteiger partial charge in [0.25, 0.3) is 5.91 Å². The van der Waals surface area contributed by atoms with E-state index in [0.717, 1.165) is 5.56 Å². The van der Waals surface area contributed by atoms with Crippen molar-refractivity contribution in [2.45, 2.75) is 12.5 Å². The number of carbonyl (C=O) groups excluding carboxylic acids is 2. The van der Waals surface area contributed by atoms with Crippen molar-refractivity contribution in [3.05, 3.63) is 108 Å². The van der Waals surface area contributed by atoms with Crippen LogP contribution in [0, 0.1) is 0 Å². The molecule has 0 aliphatic rings. The molecule has 2 amide bonds. The molecule has 7 nitrogen and oxygen atoms in total. The Morgan fingerprint density at radius 2 is 1.55 bits per heavy atom. The molecule has 4 rings (SSSR count). The van der Waals surface area contributed by atoms with Crippen LogP contribution in [0.3, 0.4) is 0 Å². The minimum Gasteiger partial charge on any atom is -0.323 e. The van der Waals surface area contributed by atoms with Gasteiger partial charge in [-0.15, -0.1) is 0 Å². The van der Waals surface area contributed by atoms with Gasteiger partial charge in [0.15, 0.2) is 0 Å². The molecule has 4 aromatic rings. The van der Waals surface area contributed by atoms with Gasteiger partial charge in [-0.3, -0.25) is 14.6 Å². The number of carbonyl (C=O) groups is 2. The predicted molar refractivity (Wildman–Crippen MR) is 129 cm³/mol. The fraction of sp³-hybridized carbons (Fsp3) is 0.0769. The number of rotatable bonds is 7. The van der Waals surface area contributed by atoms with E-state index in [1.807, 2.05) is 36.4 Å². The van der Waals surface area contributed by atoms with Crippen LogP contribution in [0.1, 0.15) is 15.9 Å². The summed E-state index contributed by atoms with van der Waals surface area (Å²) in [6.45, 7) is 0. The minimum atomic E-state index is -0.718. The Kier molecular flexibility index (Phi) is 6.82. The molecule has 0 saturated heterocycles. The van der Waals surface area contributed by atoms with E-state index in [1.165, 1.54) is 0 Å². The van der Waals surface area contributed by atoms with Crippen LogP contribution in [0.15, 0.2) is 97.2 Å². The second-order valence-corrected chi connectivity index (χ2v) is 7.41. The van der Waals surface area contributed by atoms with Gasteiger partial charge < -0.3 is 16.4 Å². The van der Waals surface area contributed by atoms with E-state index in [4.69, 9.17) is 5.73 Å². The van der Waals surface area contributed by atoms with Crippen molar-refractivity contribution in [1.82, 2.24) is 9.97 Å². The van der Waals surface area contributed by atoms with Gasteiger partial charge in [-0.25, -0.2) is 4.98 Å². The molecule has 0 unspecified atom stereocenters. The maximum atomic E-state index is 12.7. The highest BCUT2D eigenvalue weighted by molar-refractivity contribution is 6.04. The predicted octanol–water partition coefficient (Wildman–Crippen LogP) is 3.90. The van der Waals surface area contributed by atoms with Gasteiger partial charge in [0.05, 0.1) is 17.4 Å². The molecule has 2 aromatic heterocycles. The highest BCUT2D eigenvalue weighted by Gasteiger charge is 2.17. The lowest BCUT2D eigenvalue weighted by atomic mass is 10.1. The normalized spacial score (nSPS) is 11.4. The van der Waals surface area contributed by atoms with Crippen LogP contribution in [0.25, 0.3) is 11.4 Å². The molecule has 7 heteroatoms. The maximum Gasteiger partial charge on any atom is 0.256 e. The van der Waals surface area contributed by atoms with E-state index in [0.29, 0.717) is 34.9 Å².